The molecule has 3 heteroatoms. The van der Waals surface area contributed by atoms with Crippen molar-refractivity contribution in [2.75, 3.05) is 13.1 Å². The Bertz CT molecular complexity index is 416. The molecule has 1 saturated heterocycles. The highest BCUT2D eigenvalue weighted by molar-refractivity contribution is 7.80. The molecular weight excluding hydrogens is 252 g/mol. The minimum absolute atomic E-state index is 0.349. The lowest BCUT2D eigenvalue weighted by atomic mass is 9.95. The molecule has 0 radical (unpaired) electrons. The molecule has 2 N–H and O–H groups in total. The number of nitrogens with zero attached hydrogens (tertiary/aromatic N) is 1. The summed E-state index contributed by atoms with van der Waals surface area (Å²) in [4.78, 5) is 3.17. The van der Waals surface area contributed by atoms with Crippen molar-refractivity contribution in [2.45, 2.75) is 32.7 Å². The molecule has 2 unspecified atom stereocenters. The highest BCUT2D eigenvalue weighted by Gasteiger charge is 2.30. The van der Waals surface area contributed by atoms with Gasteiger partial charge < -0.3 is 5.73 Å². The molecular formula is C16H24N2S. The summed E-state index contributed by atoms with van der Waals surface area (Å²) in [6.07, 6.45) is 2.07. The molecule has 1 aliphatic rings. The minimum Gasteiger partial charge on any atom is -0.393 e. The molecule has 104 valence electrons. The van der Waals surface area contributed by atoms with Crippen molar-refractivity contribution < 1.29 is 0 Å². The zero-order chi connectivity index (χ0) is 13.8. The maximum atomic E-state index is 5.80. The summed E-state index contributed by atoms with van der Waals surface area (Å²) in [6, 6.07) is 11.0. The van der Waals surface area contributed by atoms with Gasteiger partial charge >= 0.3 is 0 Å². The first-order valence-electron chi connectivity index (χ1n) is 7.15. The molecule has 0 amide bonds. The maximum absolute atomic E-state index is 5.80. The number of thiocarbonyl (C=S) groups is 1. The number of benzene rings is 1. The van der Waals surface area contributed by atoms with Crippen LogP contribution >= 0.6 is 12.2 Å². The fraction of sp³-hybridized carbons (Fsp3) is 0.562. The summed E-state index contributed by atoms with van der Waals surface area (Å²) in [7, 11) is 0. The van der Waals surface area contributed by atoms with Gasteiger partial charge in [-0.05, 0) is 30.4 Å². The second kappa shape index (κ2) is 6.49. The van der Waals surface area contributed by atoms with E-state index < -0.39 is 0 Å². The van der Waals surface area contributed by atoms with E-state index in [0.717, 1.165) is 24.8 Å². The van der Waals surface area contributed by atoms with Crippen LogP contribution in [0, 0.1) is 11.8 Å². The predicted molar refractivity (Wildman–Crippen MR) is 85.1 cm³/mol. The van der Waals surface area contributed by atoms with Crippen LogP contribution in [0.2, 0.25) is 0 Å². The third-order valence-corrected chi connectivity index (χ3v) is 4.39. The van der Waals surface area contributed by atoms with Gasteiger partial charge in [-0.2, -0.15) is 0 Å². The van der Waals surface area contributed by atoms with Crippen molar-refractivity contribution >= 4 is 17.2 Å². The lowest BCUT2D eigenvalue weighted by molar-refractivity contribution is 0.232. The normalized spacial score (nSPS) is 21.7. The Hall–Kier alpha value is -0.930. The van der Waals surface area contributed by atoms with E-state index in [1.807, 2.05) is 0 Å². The second-order valence-corrected chi connectivity index (χ2v) is 6.41. The number of hydrogen-bond donors (Lipinski definition) is 1. The number of rotatable bonds is 5. The van der Waals surface area contributed by atoms with Crippen LogP contribution in [0.25, 0.3) is 0 Å². The van der Waals surface area contributed by atoms with E-state index >= 15 is 0 Å². The van der Waals surface area contributed by atoms with E-state index in [0.29, 0.717) is 11.0 Å². The highest BCUT2D eigenvalue weighted by Crippen LogP contribution is 2.32. The lowest BCUT2D eigenvalue weighted by Gasteiger charge is -2.28. The van der Waals surface area contributed by atoms with Crippen molar-refractivity contribution in [3.05, 3.63) is 35.9 Å². The second-order valence-electron chi connectivity index (χ2n) is 5.88. The maximum Gasteiger partial charge on any atom is 0.0746 e. The zero-order valence-electron chi connectivity index (χ0n) is 11.9. The van der Waals surface area contributed by atoms with Crippen LogP contribution in [0.5, 0.6) is 0 Å². The van der Waals surface area contributed by atoms with Gasteiger partial charge in [0.1, 0.15) is 0 Å². The van der Waals surface area contributed by atoms with Crippen LogP contribution in [0.3, 0.4) is 0 Å². The van der Waals surface area contributed by atoms with Gasteiger partial charge in [-0.1, -0.05) is 56.4 Å². The van der Waals surface area contributed by atoms with Gasteiger partial charge in [0.15, 0.2) is 0 Å². The molecule has 0 spiro atoms. The van der Waals surface area contributed by atoms with Gasteiger partial charge in [0.25, 0.3) is 0 Å². The van der Waals surface area contributed by atoms with Gasteiger partial charge in [0.05, 0.1) is 4.99 Å². The highest BCUT2D eigenvalue weighted by atomic mass is 32.1. The Morgan fingerprint density at radius 1 is 1.37 bits per heavy atom. The first-order valence-corrected chi connectivity index (χ1v) is 7.56. The fourth-order valence-corrected chi connectivity index (χ4v) is 3.12. The summed E-state index contributed by atoms with van der Waals surface area (Å²) in [5.41, 5.74) is 7.13. The molecule has 0 aliphatic carbocycles. The predicted octanol–water partition coefficient (Wildman–Crippen LogP) is 3.38. The van der Waals surface area contributed by atoms with Crippen molar-refractivity contribution in [2.24, 2.45) is 17.6 Å². The molecule has 1 heterocycles. The fourth-order valence-electron chi connectivity index (χ4n) is 2.97. The van der Waals surface area contributed by atoms with Crippen LogP contribution < -0.4 is 5.73 Å². The van der Waals surface area contributed by atoms with Crippen molar-refractivity contribution in [3.8, 4) is 0 Å². The molecule has 19 heavy (non-hydrogen) atoms. The molecule has 1 aromatic rings. The summed E-state index contributed by atoms with van der Waals surface area (Å²) in [6.45, 7) is 6.96. The van der Waals surface area contributed by atoms with E-state index in [1.54, 1.807) is 0 Å². The van der Waals surface area contributed by atoms with Gasteiger partial charge in [-0.3, -0.25) is 4.90 Å². The van der Waals surface area contributed by atoms with Crippen LogP contribution in [-0.2, 0) is 0 Å². The molecule has 1 aromatic carbocycles. The SMILES string of the molecule is CC(C)C1CCN(C(CC(N)=S)c2ccccc2)C1. The average Bonchev–Trinajstić information content (AvgIpc) is 2.86. The lowest BCUT2D eigenvalue weighted by Crippen LogP contribution is -2.30. The first-order chi connectivity index (χ1) is 9.08. The molecule has 2 atom stereocenters. The number of likely N-dealkylation sites (tertiary alicyclic amines) is 1. The summed E-state index contributed by atoms with van der Waals surface area (Å²) in [5.74, 6) is 1.56. The minimum atomic E-state index is 0.349. The Morgan fingerprint density at radius 3 is 2.58 bits per heavy atom. The van der Waals surface area contributed by atoms with E-state index in [9.17, 15) is 0 Å². The number of nitrogens with two attached hydrogens (primary N) is 1. The monoisotopic (exact) mass is 276 g/mol. The van der Waals surface area contributed by atoms with Gasteiger partial charge in [-0.25, -0.2) is 0 Å². The number of hydrogen-bond acceptors (Lipinski definition) is 2. The van der Waals surface area contributed by atoms with Gasteiger partial charge in [0, 0.05) is 19.0 Å². The zero-order valence-corrected chi connectivity index (χ0v) is 12.7. The molecule has 2 rings (SSSR count). The summed E-state index contributed by atoms with van der Waals surface area (Å²) >= 11 is 5.14. The Kier molecular flexibility index (Phi) is 4.94. The molecule has 0 aromatic heterocycles. The van der Waals surface area contributed by atoms with E-state index in [2.05, 4.69) is 49.1 Å². The van der Waals surface area contributed by atoms with Crippen LogP contribution in [0.1, 0.15) is 38.3 Å². The Morgan fingerprint density at radius 2 is 2.05 bits per heavy atom. The van der Waals surface area contributed by atoms with Gasteiger partial charge in [0.2, 0.25) is 0 Å². The molecule has 1 fully saturated rings. The first kappa shape index (κ1) is 14.5. The molecule has 0 saturated carbocycles. The molecule has 0 bridgehead atoms. The average molecular weight is 276 g/mol. The van der Waals surface area contributed by atoms with Crippen LogP contribution in [0.15, 0.2) is 30.3 Å². The third-order valence-electron chi connectivity index (χ3n) is 4.22. The van der Waals surface area contributed by atoms with Crippen molar-refractivity contribution in [1.29, 1.82) is 0 Å². The van der Waals surface area contributed by atoms with E-state index in [4.69, 9.17) is 18.0 Å². The largest absolute Gasteiger partial charge is 0.393 e. The molecule has 1 aliphatic heterocycles. The smallest absolute Gasteiger partial charge is 0.0746 e. The van der Waals surface area contributed by atoms with Crippen LogP contribution in [0.4, 0.5) is 0 Å². The summed E-state index contributed by atoms with van der Waals surface area (Å²) < 4.78 is 0. The topological polar surface area (TPSA) is 29.3 Å². The van der Waals surface area contributed by atoms with Crippen molar-refractivity contribution in [3.63, 3.8) is 0 Å². The third kappa shape index (κ3) is 3.77. The van der Waals surface area contributed by atoms with E-state index in [1.165, 1.54) is 18.5 Å². The van der Waals surface area contributed by atoms with E-state index in [-0.39, 0.29) is 0 Å². The molecule has 2 nitrogen and oxygen atoms in total. The Labute approximate surface area is 122 Å². The quantitative estimate of drug-likeness (QED) is 0.836. The van der Waals surface area contributed by atoms with Crippen LogP contribution in [-0.4, -0.2) is 23.0 Å². The standard InChI is InChI=1S/C16H24N2S/c1-12(2)14-8-9-18(11-14)15(10-16(17)19)13-6-4-3-5-7-13/h3-7,12,14-15H,8-11H2,1-2H3,(H2,17,19). The van der Waals surface area contributed by atoms with Crippen molar-refractivity contribution in [1.82, 2.24) is 4.90 Å². The van der Waals surface area contributed by atoms with Gasteiger partial charge in [-0.15, -0.1) is 0 Å². The summed E-state index contributed by atoms with van der Waals surface area (Å²) in [5, 5.41) is 0. The Balaban J connectivity index is 2.13.